The highest BCUT2D eigenvalue weighted by Crippen LogP contribution is 2.34. The summed E-state index contributed by atoms with van der Waals surface area (Å²) >= 11 is 6.00. The Kier molecular flexibility index (Phi) is 8.00. The van der Waals surface area contributed by atoms with Crippen LogP contribution in [-0.4, -0.2) is 28.0 Å². The van der Waals surface area contributed by atoms with Crippen LogP contribution in [-0.2, 0) is 11.0 Å². The average molecular weight is 510 g/mol. The summed E-state index contributed by atoms with van der Waals surface area (Å²) in [5, 5.41) is 3.37. The quantitative estimate of drug-likeness (QED) is 0.370. The molecule has 1 amide bonds. The summed E-state index contributed by atoms with van der Waals surface area (Å²) in [6.45, 7) is 4.90. The topological polar surface area (TPSA) is 64.1 Å². The summed E-state index contributed by atoms with van der Waals surface area (Å²) in [6.07, 6.45) is -3.96. The van der Waals surface area contributed by atoms with Crippen LogP contribution in [0.5, 0.6) is 5.88 Å². The van der Waals surface area contributed by atoms with Gasteiger partial charge in [-0.2, -0.15) is 13.2 Å². The van der Waals surface area contributed by atoms with E-state index in [0.717, 1.165) is 11.9 Å². The second-order valence-corrected chi connectivity index (χ2v) is 9.00. The molecule has 2 unspecified atom stereocenters. The van der Waals surface area contributed by atoms with E-state index in [1.807, 2.05) is 19.1 Å². The Labute approximate surface area is 205 Å². The van der Waals surface area contributed by atoms with Crippen molar-refractivity contribution in [2.75, 3.05) is 6.54 Å². The summed E-state index contributed by atoms with van der Waals surface area (Å²) < 4.78 is 58.3. The first-order chi connectivity index (χ1) is 16.4. The van der Waals surface area contributed by atoms with Gasteiger partial charge in [-0.3, -0.25) is 4.79 Å². The van der Waals surface area contributed by atoms with E-state index in [4.69, 9.17) is 16.3 Å². The molecule has 2 aromatic carbocycles. The van der Waals surface area contributed by atoms with Gasteiger partial charge in [0.25, 0.3) is 5.91 Å². The van der Waals surface area contributed by atoms with Crippen molar-refractivity contribution in [3.05, 3.63) is 88.6 Å². The third kappa shape index (κ3) is 6.91. The highest BCUT2D eigenvalue weighted by molar-refractivity contribution is 6.30. The number of amides is 1. The minimum Gasteiger partial charge on any atom is -0.461 e. The zero-order valence-electron chi connectivity index (χ0n) is 19.2. The van der Waals surface area contributed by atoms with E-state index in [1.165, 1.54) is 26.0 Å². The number of benzene rings is 2. The zero-order valence-corrected chi connectivity index (χ0v) is 20.0. The fourth-order valence-corrected chi connectivity index (χ4v) is 3.72. The van der Waals surface area contributed by atoms with E-state index in [-0.39, 0.29) is 24.3 Å². The summed E-state index contributed by atoms with van der Waals surface area (Å²) in [6, 6.07) is 14.0. The monoisotopic (exact) mass is 509 g/mol. The van der Waals surface area contributed by atoms with Gasteiger partial charge in [0, 0.05) is 23.6 Å². The normalized spacial score (nSPS) is 13.7. The van der Waals surface area contributed by atoms with Crippen molar-refractivity contribution in [2.45, 2.75) is 44.4 Å². The van der Waals surface area contributed by atoms with E-state index in [0.29, 0.717) is 16.7 Å². The summed E-state index contributed by atoms with van der Waals surface area (Å²) in [5.74, 6) is -1.81. The van der Waals surface area contributed by atoms with Gasteiger partial charge in [0.2, 0.25) is 5.88 Å². The maximum Gasteiger partial charge on any atom is 0.433 e. The number of rotatable bonds is 8. The largest absolute Gasteiger partial charge is 0.461 e. The fourth-order valence-electron chi connectivity index (χ4n) is 3.59. The van der Waals surface area contributed by atoms with Crippen LogP contribution in [0, 0.1) is 5.82 Å². The molecule has 0 spiro atoms. The van der Waals surface area contributed by atoms with Crippen LogP contribution < -0.4 is 10.1 Å². The average Bonchev–Trinajstić information content (AvgIpc) is 2.79. The molecule has 35 heavy (non-hydrogen) atoms. The molecule has 1 N–H and O–H groups in total. The number of nitrogens with one attached hydrogen (secondary N) is 1. The van der Waals surface area contributed by atoms with Crippen LogP contribution in [0.15, 0.2) is 60.9 Å². The van der Waals surface area contributed by atoms with Crippen molar-refractivity contribution in [3.8, 4) is 5.88 Å². The molecule has 5 nitrogen and oxygen atoms in total. The first kappa shape index (κ1) is 26.4. The number of alkyl halides is 3. The van der Waals surface area contributed by atoms with Crippen molar-refractivity contribution < 1.29 is 27.1 Å². The molecule has 3 rings (SSSR count). The number of halogens is 5. The van der Waals surface area contributed by atoms with Crippen molar-refractivity contribution in [2.24, 2.45) is 0 Å². The SMILES string of the molecule is CC(c1ccc(Cl)cc1)C(CNC(=O)C(C)(C)Oc1cc(C(F)(F)F)ncn1)c1cccc(F)c1. The number of aromatic nitrogens is 2. The van der Waals surface area contributed by atoms with Gasteiger partial charge in [-0.15, -0.1) is 0 Å². The van der Waals surface area contributed by atoms with E-state index < -0.39 is 29.2 Å². The number of hydrogen-bond donors (Lipinski definition) is 1. The van der Waals surface area contributed by atoms with Crippen molar-refractivity contribution in [1.29, 1.82) is 0 Å². The van der Waals surface area contributed by atoms with Gasteiger partial charge in [0.05, 0.1) is 0 Å². The maximum absolute atomic E-state index is 14.0. The molecule has 0 radical (unpaired) electrons. The minimum atomic E-state index is -4.68. The maximum atomic E-state index is 14.0. The van der Waals surface area contributed by atoms with Gasteiger partial charge >= 0.3 is 6.18 Å². The lowest BCUT2D eigenvalue weighted by Crippen LogP contribution is -2.48. The molecule has 0 saturated carbocycles. The molecule has 0 fully saturated rings. The molecule has 1 aromatic heterocycles. The molecule has 1 heterocycles. The van der Waals surface area contributed by atoms with Gasteiger partial charge in [0.15, 0.2) is 11.3 Å². The van der Waals surface area contributed by atoms with Crippen LogP contribution >= 0.6 is 11.6 Å². The first-order valence-electron chi connectivity index (χ1n) is 10.7. The number of ether oxygens (including phenoxy) is 1. The predicted molar refractivity (Wildman–Crippen MR) is 124 cm³/mol. The molecular weight excluding hydrogens is 486 g/mol. The second-order valence-electron chi connectivity index (χ2n) is 8.56. The zero-order chi connectivity index (χ0) is 25.8. The van der Waals surface area contributed by atoms with Gasteiger partial charge in [-0.05, 0) is 55.2 Å². The standard InChI is InChI=1S/C25H24ClF4N3O2/c1-15(16-7-9-18(26)10-8-16)20(17-5-4-6-19(27)11-17)13-31-23(34)24(2,3)35-22-12-21(25(28,29)30)32-14-33-22/h4-12,14-15,20H,13H2,1-3H3,(H,31,34). The Morgan fingerprint density at radius 1 is 1.06 bits per heavy atom. The molecular formula is C25H24ClF4N3O2. The number of carbonyl (C=O) groups is 1. The van der Waals surface area contributed by atoms with E-state index in [2.05, 4.69) is 15.3 Å². The number of hydrogen-bond acceptors (Lipinski definition) is 4. The molecule has 0 aliphatic rings. The highest BCUT2D eigenvalue weighted by atomic mass is 35.5. The Morgan fingerprint density at radius 3 is 2.37 bits per heavy atom. The van der Waals surface area contributed by atoms with Gasteiger partial charge in [-0.25, -0.2) is 14.4 Å². The molecule has 186 valence electrons. The van der Waals surface area contributed by atoms with Crippen LogP contribution in [0.2, 0.25) is 5.02 Å². The predicted octanol–water partition coefficient (Wildman–Crippen LogP) is 6.15. The van der Waals surface area contributed by atoms with Crippen LogP contribution in [0.25, 0.3) is 0 Å². The smallest absolute Gasteiger partial charge is 0.433 e. The Balaban J connectivity index is 1.78. The second kappa shape index (κ2) is 10.6. The molecule has 2 atom stereocenters. The Bertz CT molecular complexity index is 1170. The van der Waals surface area contributed by atoms with Gasteiger partial charge < -0.3 is 10.1 Å². The molecule has 0 bridgehead atoms. The molecule has 10 heteroatoms. The van der Waals surface area contributed by atoms with E-state index >= 15 is 0 Å². The lowest BCUT2D eigenvalue weighted by atomic mass is 9.82. The molecule has 0 saturated heterocycles. The Hall–Kier alpha value is -3.20. The van der Waals surface area contributed by atoms with Gasteiger partial charge in [0.1, 0.15) is 12.1 Å². The molecule has 0 aliphatic heterocycles. The van der Waals surface area contributed by atoms with E-state index in [1.54, 1.807) is 24.3 Å². The van der Waals surface area contributed by atoms with Crippen molar-refractivity contribution in [1.82, 2.24) is 15.3 Å². The molecule has 0 aliphatic carbocycles. The van der Waals surface area contributed by atoms with Crippen LogP contribution in [0.1, 0.15) is 49.4 Å². The summed E-state index contributed by atoms with van der Waals surface area (Å²) in [4.78, 5) is 19.8. The first-order valence-corrected chi connectivity index (χ1v) is 11.1. The summed E-state index contributed by atoms with van der Waals surface area (Å²) in [7, 11) is 0. The van der Waals surface area contributed by atoms with Crippen LogP contribution in [0.3, 0.4) is 0 Å². The third-order valence-corrected chi connectivity index (χ3v) is 5.85. The van der Waals surface area contributed by atoms with Crippen LogP contribution in [0.4, 0.5) is 17.6 Å². The lowest BCUT2D eigenvalue weighted by molar-refractivity contribution is -0.141. The lowest BCUT2D eigenvalue weighted by Gasteiger charge is -2.29. The Morgan fingerprint density at radius 2 is 1.74 bits per heavy atom. The number of nitrogens with zero attached hydrogens (tertiary/aromatic N) is 2. The molecule has 3 aromatic rings. The summed E-state index contributed by atoms with van der Waals surface area (Å²) in [5.41, 5.74) is -1.11. The fraction of sp³-hybridized carbons (Fsp3) is 0.320. The van der Waals surface area contributed by atoms with Gasteiger partial charge in [-0.1, -0.05) is 42.8 Å². The highest BCUT2D eigenvalue weighted by Gasteiger charge is 2.35. The van der Waals surface area contributed by atoms with E-state index in [9.17, 15) is 22.4 Å². The van der Waals surface area contributed by atoms with Crippen molar-refractivity contribution in [3.63, 3.8) is 0 Å². The van der Waals surface area contributed by atoms with Crippen molar-refractivity contribution >= 4 is 17.5 Å². The third-order valence-electron chi connectivity index (χ3n) is 5.60. The minimum absolute atomic E-state index is 0.121. The number of carbonyl (C=O) groups excluding carboxylic acids is 1.